The van der Waals surface area contributed by atoms with Crippen molar-refractivity contribution in [3.63, 3.8) is 0 Å². The second-order valence-electron chi connectivity index (χ2n) is 5.69. The Bertz CT molecular complexity index is 923. The second kappa shape index (κ2) is 5.28. The van der Waals surface area contributed by atoms with Gasteiger partial charge in [-0.2, -0.15) is 4.31 Å². The zero-order valence-electron chi connectivity index (χ0n) is 12.8. The number of hydrogen-bond acceptors (Lipinski definition) is 6. The van der Waals surface area contributed by atoms with E-state index in [-0.39, 0.29) is 17.3 Å². The molecule has 3 heterocycles. The molecule has 0 unspecified atom stereocenters. The van der Waals surface area contributed by atoms with Gasteiger partial charge in [-0.05, 0) is 25.1 Å². The van der Waals surface area contributed by atoms with E-state index in [2.05, 4.69) is 15.5 Å². The van der Waals surface area contributed by atoms with Crippen LogP contribution in [0, 0.1) is 0 Å². The summed E-state index contributed by atoms with van der Waals surface area (Å²) in [4.78, 5) is 11.8. The number of rotatable bonds is 2. The Hall–Kier alpha value is -2.46. The molecule has 0 saturated heterocycles. The molecule has 2 aliphatic rings. The van der Waals surface area contributed by atoms with Crippen LogP contribution in [-0.2, 0) is 27.9 Å². The fraction of sp³-hybridized carbons (Fsp3) is 0.357. The van der Waals surface area contributed by atoms with Crippen molar-refractivity contribution < 1.29 is 17.9 Å². The number of nitrogens with zero attached hydrogens (tertiary/aromatic N) is 4. The molecule has 9 nitrogen and oxygen atoms in total. The summed E-state index contributed by atoms with van der Waals surface area (Å²) in [6.45, 7) is 2.64. The minimum absolute atomic E-state index is 0.104. The van der Waals surface area contributed by atoms with E-state index in [9.17, 15) is 13.2 Å². The number of benzene rings is 1. The molecule has 4 rings (SSSR count). The van der Waals surface area contributed by atoms with Gasteiger partial charge in [0.2, 0.25) is 10.0 Å². The quantitative estimate of drug-likeness (QED) is 0.830. The number of anilines is 1. The highest BCUT2D eigenvalue weighted by Crippen LogP contribution is 2.33. The smallest absolute Gasteiger partial charge is 0.265 e. The summed E-state index contributed by atoms with van der Waals surface area (Å²) in [5.74, 6) is 0.760. The van der Waals surface area contributed by atoms with Gasteiger partial charge in [0.25, 0.3) is 5.91 Å². The van der Waals surface area contributed by atoms with Crippen molar-refractivity contribution in [1.82, 2.24) is 19.1 Å². The number of ether oxygens (including phenoxy) is 1. The van der Waals surface area contributed by atoms with Crippen LogP contribution in [0.4, 0.5) is 5.69 Å². The Morgan fingerprint density at radius 2 is 2.17 bits per heavy atom. The minimum atomic E-state index is -3.70. The zero-order chi connectivity index (χ0) is 16.9. The van der Waals surface area contributed by atoms with Gasteiger partial charge < -0.3 is 14.6 Å². The van der Waals surface area contributed by atoms with Crippen molar-refractivity contribution in [3.05, 3.63) is 30.4 Å². The molecular weight excluding hydrogens is 334 g/mol. The van der Waals surface area contributed by atoms with Crippen LogP contribution < -0.4 is 10.1 Å². The van der Waals surface area contributed by atoms with Crippen molar-refractivity contribution in [2.45, 2.75) is 31.0 Å². The topological polar surface area (TPSA) is 106 Å². The Labute approximate surface area is 138 Å². The lowest BCUT2D eigenvalue weighted by Crippen LogP contribution is -2.38. The van der Waals surface area contributed by atoms with E-state index in [0.717, 1.165) is 0 Å². The Morgan fingerprint density at radius 1 is 1.33 bits per heavy atom. The highest BCUT2D eigenvalue weighted by atomic mass is 32.2. The predicted molar refractivity (Wildman–Crippen MR) is 82.8 cm³/mol. The molecule has 0 aliphatic carbocycles. The highest BCUT2D eigenvalue weighted by Gasteiger charge is 2.31. The van der Waals surface area contributed by atoms with Crippen LogP contribution in [0.2, 0.25) is 0 Å². The number of fused-ring (bicyclic) bond motifs is 2. The van der Waals surface area contributed by atoms with Crippen LogP contribution in [-0.4, -0.2) is 46.0 Å². The lowest BCUT2D eigenvalue weighted by Gasteiger charge is -2.27. The maximum absolute atomic E-state index is 12.9. The number of hydrogen-bond donors (Lipinski definition) is 1. The van der Waals surface area contributed by atoms with Gasteiger partial charge in [-0.3, -0.25) is 4.79 Å². The SMILES string of the molecule is C[C@@H]1Oc2ccc(S(=O)(=O)N3CCn4cnnc4C3)cc2NC1=O. The molecule has 1 N–H and O–H groups in total. The Kier molecular flexibility index (Phi) is 3.32. The van der Waals surface area contributed by atoms with E-state index in [4.69, 9.17) is 4.74 Å². The monoisotopic (exact) mass is 349 g/mol. The summed E-state index contributed by atoms with van der Waals surface area (Å²) in [5, 5.41) is 10.4. The molecule has 2 aromatic rings. The number of aromatic nitrogens is 3. The van der Waals surface area contributed by atoms with Gasteiger partial charge in [-0.15, -0.1) is 10.2 Å². The highest BCUT2D eigenvalue weighted by molar-refractivity contribution is 7.89. The largest absolute Gasteiger partial charge is 0.479 e. The lowest BCUT2D eigenvalue weighted by molar-refractivity contribution is -0.122. The van der Waals surface area contributed by atoms with Gasteiger partial charge in [0.05, 0.1) is 17.1 Å². The molecule has 0 fully saturated rings. The molecule has 1 atom stereocenters. The number of carbonyl (C=O) groups excluding carboxylic acids is 1. The van der Waals surface area contributed by atoms with Gasteiger partial charge in [0, 0.05) is 13.1 Å². The third kappa shape index (κ3) is 2.34. The Morgan fingerprint density at radius 3 is 3.00 bits per heavy atom. The number of carbonyl (C=O) groups is 1. The van der Waals surface area contributed by atoms with E-state index in [1.54, 1.807) is 19.3 Å². The van der Waals surface area contributed by atoms with E-state index in [0.29, 0.717) is 30.4 Å². The zero-order valence-corrected chi connectivity index (χ0v) is 13.7. The first-order valence-electron chi connectivity index (χ1n) is 7.43. The molecule has 0 radical (unpaired) electrons. The first-order chi connectivity index (χ1) is 11.4. The van der Waals surface area contributed by atoms with Gasteiger partial charge >= 0.3 is 0 Å². The van der Waals surface area contributed by atoms with Crippen LogP contribution in [0.15, 0.2) is 29.4 Å². The first-order valence-corrected chi connectivity index (χ1v) is 8.87. The number of sulfonamides is 1. The summed E-state index contributed by atoms with van der Waals surface area (Å²) >= 11 is 0. The first kappa shape index (κ1) is 15.1. The van der Waals surface area contributed by atoms with E-state index in [1.807, 2.05) is 4.57 Å². The lowest BCUT2D eigenvalue weighted by atomic mass is 10.2. The summed E-state index contributed by atoms with van der Waals surface area (Å²) in [6, 6.07) is 4.47. The molecule has 0 saturated carbocycles. The molecule has 1 aromatic heterocycles. The van der Waals surface area contributed by atoms with Gasteiger partial charge in [-0.1, -0.05) is 0 Å². The van der Waals surface area contributed by atoms with Crippen LogP contribution in [0.5, 0.6) is 5.75 Å². The predicted octanol–water partition coefficient (Wildman–Crippen LogP) is 0.202. The van der Waals surface area contributed by atoms with Crippen molar-refractivity contribution in [1.29, 1.82) is 0 Å². The summed E-state index contributed by atoms with van der Waals surface area (Å²) < 4.78 is 34.4. The van der Waals surface area contributed by atoms with Gasteiger partial charge in [0.15, 0.2) is 6.10 Å². The molecule has 126 valence electrons. The molecule has 1 amide bonds. The van der Waals surface area contributed by atoms with E-state index >= 15 is 0 Å². The Balaban J connectivity index is 1.66. The van der Waals surface area contributed by atoms with Gasteiger partial charge in [0.1, 0.15) is 17.9 Å². The van der Waals surface area contributed by atoms with Gasteiger partial charge in [-0.25, -0.2) is 8.42 Å². The molecule has 0 spiro atoms. The fourth-order valence-corrected chi connectivity index (χ4v) is 4.16. The maximum Gasteiger partial charge on any atom is 0.265 e. The van der Waals surface area contributed by atoms with Crippen molar-refractivity contribution in [3.8, 4) is 5.75 Å². The summed E-state index contributed by atoms with van der Waals surface area (Å²) in [7, 11) is -3.70. The molecule has 2 aliphatic heterocycles. The average Bonchev–Trinajstić information content (AvgIpc) is 3.03. The minimum Gasteiger partial charge on any atom is -0.479 e. The number of nitrogens with one attached hydrogen (secondary N) is 1. The molecule has 0 bridgehead atoms. The van der Waals surface area contributed by atoms with Crippen LogP contribution >= 0.6 is 0 Å². The third-order valence-corrected chi connectivity index (χ3v) is 5.96. The second-order valence-corrected chi connectivity index (χ2v) is 7.62. The summed E-state index contributed by atoms with van der Waals surface area (Å²) in [5.41, 5.74) is 0.361. The fourth-order valence-electron chi connectivity index (χ4n) is 2.75. The van der Waals surface area contributed by atoms with Crippen molar-refractivity contribution >= 4 is 21.6 Å². The van der Waals surface area contributed by atoms with Crippen molar-refractivity contribution in [2.75, 3.05) is 11.9 Å². The standard InChI is InChI=1S/C14H15N5O4S/c1-9-14(20)16-11-6-10(2-3-12(11)23-9)24(21,22)19-5-4-18-8-15-17-13(18)7-19/h2-3,6,8-9H,4-5,7H2,1H3,(H,16,20)/t9-/m0/s1. The van der Waals surface area contributed by atoms with Crippen molar-refractivity contribution in [2.24, 2.45) is 0 Å². The number of amides is 1. The maximum atomic E-state index is 12.9. The van der Waals surface area contributed by atoms with Crippen LogP contribution in [0.25, 0.3) is 0 Å². The van der Waals surface area contributed by atoms with Crippen LogP contribution in [0.1, 0.15) is 12.7 Å². The summed E-state index contributed by atoms with van der Waals surface area (Å²) in [6.07, 6.45) is 0.986. The third-order valence-electron chi connectivity index (χ3n) is 4.12. The van der Waals surface area contributed by atoms with E-state index < -0.39 is 16.1 Å². The normalized spacial score (nSPS) is 20.7. The average molecular weight is 349 g/mol. The van der Waals surface area contributed by atoms with Crippen LogP contribution in [0.3, 0.4) is 0 Å². The molecular formula is C14H15N5O4S. The molecule has 24 heavy (non-hydrogen) atoms. The van der Waals surface area contributed by atoms with E-state index in [1.165, 1.54) is 16.4 Å². The molecule has 10 heteroatoms. The molecule has 1 aromatic carbocycles.